The van der Waals surface area contributed by atoms with E-state index in [-0.39, 0.29) is 12.5 Å². The maximum Gasteiger partial charge on any atom is 0.248 e. The summed E-state index contributed by atoms with van der Waals surface area (Å²) < 4.78 is 0. The predicted octanol–water partition coefficient (Wildman–Crippen LogP) is 4.03. The molecule has 0 bridgehead atoms. The highest BCUT2D eigenvalue weighted by Gasteiger charge is 2.01. The molecule has 0 fully saturated rings. The Labute approximate surface area is 164 Å². The molecule has 0 aliphatic carbocycles. The van der Waals surface area contributed by atoms with Crippen molar-refractivity contribution in [2.45, 2.75) is 13.2 Å². The summed E-state index contributed by atoms with van der Waals surface area (Å²) in [7, 11) is 0. The lowest BCUT2D eigenvalue weighted by Crippen LogP contribution is -2.09. The van der Waals surface area contributed by atoms with Gasteiger partial charge in [-0.05, 0) is 47.0 Å². The maximum absolute atomic E-state index is 12.0. The number of amides is 1. The van der Waals surface area contributed by atoms with Gasteiger partial charge in [0.05, 0.1) is 18.0 Å². The second-order valence-electron chi connectivity index (χ2n) is 6.36. The average molecular weight is 373 g/mol. The van der Waals surface area contributed by atoms with Gasteiger partial charge >= 0.3 is 0 Å². The molecule has 0 atom stereocenters. The SMILES string of the molecule is Nc1ccccc1NC(=O)/C=C/c1ccc(CNc2cccc(CO)c2)cc1. The number of nitrogen functional groups attached to an aromatic ring is 1. The van der Waals surface area contributed by atoms with E-state index in [1.807, 2.05) is 60.7 Å². The standard InChI is InChI=1S/C23H23N3O2/c24-21-6-1-2-7-22(21)26-23(28)13-12-17-8-10-18(11-9-17)15-25-20-5-3-4-19(14-20)16-27/h1-14,25,27H,15-16,24H2,(H,26,28)/b13-12+. The topological polar surface area (TPSA) is 87.4 Å². The van der Waals surface area contributed by atoms with Crippen molar-refractivity contribution in [3.8, 4) is 0 Å². The summed E-state index contributed by atoms with van der Waals surface area (Å²) in [6.45, 7) is 0.702. The minimum atomic E-state index is -0.229. The number of hydrogen-bond donors (Lipinski definition) is 4. The molecule has 3 aromatic carbocycles. The Balaban J connectivity index is 1.54. The summed E-state index contributed by atoms with van der Waals surface area (Å²) >= 11 is 0. The first-order valence-corrected chi connectivity index (χ1v) is 9.00. The third-order valence-electron chi connectivity index (χ3n) is 4.23. The van der Waals surface area contributed by atoms with Gasteiger partial charge in [-0.2, -0.15) is 0 Å². The van der Waals surface area contributed by atoms with Crippen molar-refractivity contribution in [1.82, 2.24) is 0 Å². The molecule has 0 heterocycles. The second kappa shape index (κ2) is 9.39. The van der Waals surface area contributed by atoms with Crippen LogP contribution in [0.15, 0.2) is 78.9 Å². The van der Waals surface area contributed by atoms with E-state index in [2.05, 4.69) is 10.6 Å². The van der Waals surface area contributed by atoms with E-state index < -0.39 is 0 Å². The van der Waals surface area contributed by atoms with Crippen molar-refractivity contribution in [3.63, 3.8) is 0 Å². The molecule has 0 saturated heterocycles. The van der Waals surface area contributed by atoms with E-state index in [0.717, 1.165) is 22.4 Å². The highest BCUT2D eigenvalue weighted by Crippen LogP contribution is 2.17. The molecule has 5 N–H and O–H groups in total. The molecule has 0 aliphatic heterocycles. The maximum atomic E-state index is 12.0. The molecule has 5 nitrogen and oxygen atoms in total. The highest BCUT2D eigenvalue weighted by molar-refractivity contribution is 6.03. The Hall–Kier alpha value is -3.57. The monoisotopic (exact) mass is 373 g/mol. The van der Waals surface area contributed by atoms with Crippen LogP contribution in [0.3, 0.4) is 0 Å². The summed E-state index contributed by atoms with van der Waals surface area (Å²) in [5.74, 6) is -0.229. The molecule has 5 heteroatoms. The molecule has 3 aromatic rings. The lowest BCUT2D eigenvalue weighted by atomic mass is 10.1. The van der Waals surface area contributed by atoms with Crippen molar-refractivity contribution in [3.05, 3.63) is 95.6 Å². The molecule has 3 rings (SSSR count). The third kappa shape index (κ3) is 5.46. The number of rotatable bonds is 7. The van der Waals surface area contributed by atoms with Gasteiger partial charge in [-0.3, -0.25) is 4.79 Å². The van der Waals surface area contributed by atoms with Crippen LogP contribution in [0.4, 0.5) is 17.1 Å². The fraction of sp³-hybridized carbons (Fsp3) is 0.0870. The van der Waals surface area contributed by atoms with Gasteiger partial charge in [0.15, 0.2) is 0 Å². The van der Waals surface area contributed by atoms with Crippen LogP contribution < -0.4 is 16.4 Å². The zero-order chi connectivity index (χ0) is 19.8. The first-order chi connectivity index (χ1) is 13.6. The van der Waals surface area contributed by atoms with Crippen molar-refractivity contribution in [2.24, 2.45) is 0 Å². The Morgan fingerprint density at radius 1 is 0.964 bits per heavy atom. The number of aliphatic hydroxyl groups is 1. The van der Waals surface area contributed by atoms with Crippen molar-refractivity contribution in [2.75, 3.05) is 16.4 Å². The molecule has 0 aliphatic rings. The number of para-hydroxylation sites is 2. The number of hydrogen-bond acceptors (Lipinski definition) is 4. The molecule has 28 heavy (non-hydrogen) atoms. The molecule has 0 unspecified atom stereocenters. The summed E-state index contributed by atoms with van der Waals surface area (Å²) in [5, 5.41) is 15.3. The molecule has 0 spiro atoms. The summed E-state index contributed by atoms with van der Waals surface area (Å²) in [4.78, 5) is 12.0. The number of nitrogens with two attached hydrogens (primary N) is 1. The number of nitrogens with one attached hydrogen (secondary N) is 2. The minimum Gasteiger partial charge on any atom is -0.397 e. The second-order valence-corrected chi connectivity index (χ2v) is 6.36. The van der Waals surface area contributed by atoms with Crippen LogP contribution in [0.2, 0.25) is 0 Å². The molecular weight excluding hydrogens is 350 g/mol. The van der Waals surface area contributed by atoms with Crippen LogP contribution in [0.5, 0.6) is 0 Å². The van der Waals surface area contributed by atoms with Gasteiger partial charge in [-0.15, -0.1) is 0 Å². The van der Waals surface area contributed by atoms with Crippen LogP contribution in [0, 0.1) is 0 Å². The van der Waals surface area contributed by atoms with E-state index >= 15 is 0 Å². The summed E-state index contributed by atoms with van der Waals surface area (Å²) in [6, 6.07) is 22.8. The van der Waals surface area contributed by atoms with E-state index in [9.17, 15) is 9.90 Å². The fourth-order valence-electron chi connectivity index (χ4n) is 2.69. The first-order valence-electron chi connectivity index (χ1n) is 9.00. The van der Waals surface area contributed by atoms with E-state index in [0.29, 0.717) is 17.9 Å². The molecular formula is C23H23N3O2. The quantitative estimate of drug-likeness (QED) is 0.372. The van der Waals surface area contributed by atoms with Gasteiger partial charge in [-0.1, -0.05) is 48.5 Å². The lowest BCUT2D eigenvalue weighted by Gasteiger charge is -2.08. The largest absolute Gasteiger partial charge is 0.397 e. The van der Waals surface area contributed by atoms with Crippen LogP contribution in [-0.4, -0.2) is 11.0 Å². The van der Waals surface area contributed by atoms with Gasteiger partial charge in [0.1, 0.15) is 0 Å². The summed E-state index contributed by atoms with van der Waals surface area (Å²) in [6.07, 6.45) is 3.25. The number of anilines is 3. The van der Waals surface area contributed by atoms with Crippen molar-refractivity contribution < 1.29 is 9.90 Å². The normalized spacial score (nSPS) is 10.8. The van der Waals surface area contributed by atoms with E-state index in [4.69, 9.17) is 5.73 Å². The number of aliphatic hydroxyl groups excluding tert-OH is 1. The van der Waals surface area contributed by atoms with Gasteiger partial charge < -0.3 is 21.5 Å². The molecule has 0 saturated carbocycles. The minimum absolute atomic E-state index is 0.0288. The zero-order valence-corrected chi connectivity index (χ0v) is 15.4. The Kier molecular flexibility index (Phi) is 6.44. The molecule has 1 amide bonds. The lowest BCUT2D eigenvalue weighted by molar-refractivity contribution is -0.111. The predicted molar refractivity (Wildman–Crippen MR) is 115 cm³/mol. The zero-order valence-electron chi connectivity index (χ0n) is 15.4. The Morgan fingerprint density at radius 2 is 1.75 bits per heavy atom. The van der Waals surface area contributed by atoms with E-state index in [1.165, 1.54) is 6.08 Å². The molecule has 142 valence electrons. The Bertz CT molecular complexity index is 966. The first kappa shape index (κ1) is 19.2. The average Bonchev–Trinajstić information content (AvgIpc) is 2.73. The van der Waals surface area contributed by atoms with Crippen LogP contribution >= 0.6 is 0 Å². The number of benzene rings is 3. The van der Waals surface area contributed by atoms with Crippen molar-refractivity contribution >= 4 is 29.0 Å². The van der Waals surface area contributed by atoms with Gasteiger partial charge in [-0.25, -0.2) is 0 Å². The Morgan fingerprint density at radius 3 is 2.50 bits per heavy atom. The molecule has 0 radical (unpaired) electrons. The van der Waals surface area contributed by atoms with E-state index in [1.54, 1.807) is 18.2 Å². The number of carbonyl (C=O) groups excluding carboxylic acids is 1. The smallest absolute Gasteiger partial charge is 0.248 e. The fourth-order valence-corrected chi connectivity index (χ4v) is 2.69. The van der Waals surface area contributed by atoms with Crippen LogP contribution in [0.25, 0.3) is 6.08 Å². The van der Waals surface area contributed by atoms with Crippen LogP contribution in [-0.2, 0) is 17.9 Å². The van der Waals surface area contributed by atoms with Gasteiger partial charge in [0.25, 0.3) is 0 Å². The van der Waals surface area contributed by atoms with Gasteiger partial charge in [0, 0.05) is 18.3 Å². The van der Waals surface area contributed by atoms with Crippen molar-refractivity contribution in [1.29, 1.82) is 0 Å². The number of carbonyl (C=O) groups is 1. The highest BCUT2D eigenvalue weighted by atomic mass is 16.3. The summed E-state index contributed by atoms with van der Waals surface area (Å²) in [5.41, 5.74) is 10.8. The van der Waals surface area contributed by atoms with Crippen LogP contribution in [0.1, 0.15) is 16.7 Å². The molecule has 0 aromatic heterocycles. The van der Waals surface area contributed by atoms with Gasteiger partial charge in [0.2, 0.25) is 5.91 Å². The third-order valence-corrected chi connectivity index (χ3v) is 4.23.